The minimum Gasteiger partial charge on any atom is -0.361 e. The van der Waals surface area contributed by atoms with Crippen LogP contribution in [0.3, 0.4) is 0 Å². The summed E-state index contributed by atoms with van der Waals surface area (Å²) >= 11 is 0. The summed E-state index contributed by atoms with van der Waals surface area (Å²) in [4.78, 5) is 19.4. The molecular weight excluding hydrogens is 334 g/mol. The molecule has 2 aliphatic rings. The number of nitrogens with zero attached hydrogens (tertiary/aromatic N) is 3. The molecule has 7 nitrogen and oxygen atoms in total. The summed E-state index contributed by atoms with van der Waals surface area (Å²) in [6.45, 7) is 2.44. The molecule has 1 aromatic heterocycles. The van der Waals surface area contributed by atoms with Gasteiger partial charge in [0.15, 0.2) is 0 Å². The Bertz CT molecular complexity index is 809. The van der Waals surface area contributed by atoms with Gasteiger partial charge in [0, 0.05) is 19.7 Å². The summed E-state index contributed by atoms with van der Waals surface area (Å²) in [7, 11) is 1.65. The molecule has 3 heterocycles. The van der Waals surface area contributed by atoms with Crippen molar-refractivity contribution in [3.63, 3.8) is 0 Å². The highest BCUT2D eigenvalue weighted by atomic mass is 16.7. The van der Waals surface area contributed by atoms with Gasteiger partial charge in [0.05, 0.1) is 42.7 Å². The number of aromatic nitrogens is 2. The van der Waals surface area contributed by atoms with E-state index in [4.69, 9.17) is 14.2 Å². The van der Waals surface area contributed by atoms with Crippen LogP contribution in [0.15, 0.2) is 35.4 Å². The molecular formula is C19H25N3O4. The van der Waals surface area contributed by atoms with E-state index in [0.717, 1.165) is 31.3 Å². The predicted octanol–water partition coefficient (Wildman–Crippen LogP) is 1.60. The first kappa shape index (κ1) is 17.6. The average Bonchev–Trinajstić information content (AvgIpc) is 2.68. The second-order valence-corrected chi connectivity index (χ2v) is 7.01. The van der Waals surface area contributed by atoms with E-state index in [1.165, 1.54) is 0 Å². The quantitative estimate of drug-likeness (QED) is 0.756. The Morgan fingerprint density at radius 3 is 3.12 bits per heavy atom. The lowest BCUT2D eigenvalue weighted by molar-refractivity contribution is -0.174. The van der Waals surface area contributed by atoms with E-state index in [0.29, 0.717) is 31.5 Å². The zero-order valence-electron chi connectivity index (χ0n) is 15.0. The lowest BCUT2D eigenvalue weighted by Crippen LogP contribution is -2.56. The molecule has 2 fully saturated rings. The molecule has 1 aromatic carbocycles. The molecule has 0 aliphatic carbocycles. The fourth-order valence-electron chi connectivity index (χ4n) is 4.02. The normalized spacial score (nSPS) is 26.7. The fourth-order valence-corrected chi connectivity index (χ4v) is 4.02. The number of methoxy groups -OCH3 is 1. The first-order chi connectivity index (χ1) is 12.8. The van der Waals surface area contributed by atoms with Gasteiger partial charge in [-0.3, -0.25) is 14.3 Å². The summed E-state index contributed by atoms with van der Waals surface area (Å²) in [6, 6.07) is 7.74. The standard InChI is InChI=1S/C19H25N3O4/c1-24-13-26-18-7-4-8-21-12-25-14(9-17(18)21)10-22-11-20-16-6-3-2-5-15(16)19(22)23/h2-3,5-6,11,14,17-18H,4,7-10,12-13H2,1H3/t14-,17+,18-/m0/s1. The zero-order valence-corrected chi connectivity index (χ0v) is 15.0. The summed E-state index contributed by atoms with van der Waals surface area (Å²) in [5.41, 5.74) is 0.710. The highest BCUT2D eigenvalue weighted by Crippen LogP contribution is 2.28. The molecule has 4 rings (SSSR count). The molecule has 26 heavy (non-hydrogen) atoms. The van der Waals surface area contributed by atoms with Crippen molar-refractivity contribution >= 4 is 10.9 Å². The number of ether oxygens (including phenoxy) is 3. The van der Waals surface area contributed by atoms with Crippen molar-refractivity contribution in [1.29, 1.82) is 0 Å². The highest BCUT2D eigenvalue weighted by Gasteiger charge is 2.37. The molecule has 0 N–H and O–H groups in total. The number of rotatable bonds is 5. The maximum Gasteiger partial charge on any atom is 0.261 e. The van der Waals surface area contributed by atoms with Crippen LogP contribution in [0, 0.1) is 0 Å². The maximum atomic E-state index is 12.7. The van der Waals surface area contributed by atoms with Crippen molar-refractivity contribution in [3.8, 4) is 0 Å². The molecule has 3 atom stereocenters. The zero-order chi connectivity index (χ0) is 17.9. The second kappa shape index (κ2) is 7.84. The van der Waals surface area contributed by atoms with Gasteiger partial charge in [-0.1, -0.05) is 12.1 Å². The van der Waals surface area contributed by atoms with Crippen LogP contribution in [-0.4, -0.2) is 59.9 Å². The third-order valence-corrected chi connectivity index (χ3v) is 5.34. The van der Waals surface area contributed by atoms with Gasteiger partial charge in [-0.05, 0) is 31.4 Å². The van der Waals surface area contributed by atoms with Crippen LogP contribution in [0.25, 0.3) is 10.9 Å². The van der Waals surface area contributed by atoms with E-state index in [1.807, 2.05) is 24.3 Å². The Morgan fingerprint density at radius 1 is 1.35 bits per heavy atom. The maximum absolute atomic E-state index is 12.7. The van der Waals surface area contributed by atoms with Gasteiger partial charge in [-0.2, -0.15) is 0 Å². The van der Waals surface area contributed by atoms with Crippen LogP contribution >= 0.6 is 0 Å². The Morgan fingerprint density at radius 2 is 2.23 bits per heavy atom. The SMILES string of the molecule is COCO[C@H]1CCCN2CO[C@H](Cn3cnc4ccccc4c3=O)C[C@H]12. The largest absolute Gasteiger partial charge is 0.361 e. The van der Waals surface area contributed by atoms with Crippen molar-refractivity contribution < 1.29 is 14.2 Å². The van der Waals surface area contributed by atoms with Crippen molar-refractivity contribution in [2.45, 2.75) is 44.1 Å². The molecule has 2 aromatic rings. The Labute approximate surface area is 152 Å². The lowest BCUT2D eigenvalue weighted by atomic mass is 9.93. The minimum absolute atomic E-state index is 0.0162. The average molecular weight is 359 g/mol. The molecule has 0 unspecified atom stereocenters. The van der Waals surface area contributed by atoms with Gasteiger partial charge in [0.2, 0.25) is 0 Å². The molecule has 0 amide bonds. The molecule has 0 saturated carbocycles. The third-order valence-electron chi connectivity index (χ3n) is 5.34. The molecule has 2 saturated heterocycles. The van der Waals surface area contributed by atoms with E-state index >= 15 is 0 Å². The van der Waals surface area contributed by atoms with Crippen LogP contribution in [0.2, 0.25) is 0 Å². The van der Waals surface area contributed by atoms with E-state index in [-0.39, 0.29) is 17.8 Å². The van der Waals surface area contributed by atoms with Crippen molar-refractivity contribution in [3.05, 3.63) is 40.9 Å². The topological polar surface area (TPSA) is 65.8 Å². The predicted molar refractivity (Wildman–Crippen MR) is 96.8 cm³/mol. The van der Waals surface area contributed by atoms with E-state index in [2.05, 4.69) is 9.88 Å². The number of hydrogen-bond donors (Lipinski definition) is 0. The van der Waals surface area contributed by atoms with E-state index in [9.17, 15) is 4.79 Å². The number of fused-ring (bicyclic) bond motifs is 2. The summed E-state index contributed by atoms with van der Waals surface area (Å²) in [5.74, 6) is 0. The van der Waals surface area contributed by atoms with Crippen molar-refractivity contribution in [2.24, 2.45) is 0 Å². The monoisotopic (exact) mass is 359 g/mol. The smallest absolute Gasteiger partial charge is 0.261 e. The lowest BCUT2D eigenvalue weighted by Gasteiger charge is -2.46. The van der Waals surface area contributed by atoms with Gasteiger partial charge in [0.25, 0.3) is 5.56 Å². The van der Waals surface area contributed by atoms with Crippen molar-refractivity contribution in [2.75, 3.05) is 27.2 Å². The van der Waals surface area contributed by atoms with Gasteiger partial charge in [-0.25, -0.2) is 4.98 Å². The molecule has 2 aliphatic heterocycles. The van der Waals surface area contributed by atoms with Gasteiger partial charge >= 0.3 is 0 Å². The first-order valence-corrected chi connectivity index (χ1v) is 9.16. The van der Waals surface area contributed by atoms with Crippen LogP contribution in [0.1, 0.15) is 19.3 Å². The third kappa shape index (κ3) is 3.53. The minimum atomic E-state index is -0.0244. The number of piperidine rings is 1. The number of para-hydroxylation sites is 1. The Kier molecular flexibility index (Phi) is 5.31. The molecule has 0 radical (unpaired) electrons. The number of hydrogen-bond acceptors (Lipinski definition) is 6. The summed E-state index contributed by atoms with van der Waals surface area (Å²) < 4.78 is 18.6. The molecule has 0 spiro atoms. The highest BCUT2D eigenvalue weighted by molar-refractivity contribution is 5.76. The van der Waals surface area contributed by atoms with Crippen molar-refractivity contribution in [1.82, 2.24) is 14.5 Å². The Hall–Kier alpha value is -1.80. The summed E-state index contributed by atoms with van der Waals surface area (Å²) in [5, 5.41) is 0.645. The van der Waals surface area contributed by atoms with E-state index < -0.39 is 0 Å². The van der Waals surface area contributed by atoms with E-state index in [1.54, 1.807) is 18.0 Å². The van der Waals surface area contributed by atoms with Crippen LogP contribution < -0.4 is 5.56 Å². The van der Waals surface area contributed by atoms with Crippen LogP contribution in [-0.2, 0) is 20.8 Å². The molecule has 0 bridgehead atoms. The Balaban J connectivity index is 1.49. The first-order valence-electron chi connectivity index (χ1n) is 9.16. The van der Waals surface area contributed by atoms with Gasteiger partial charge < -0.3 is 14.2 Å². The van der Waals surface area contributed by atoms with Crippen LogP contribution in [0.4, 0.5) is 0 Å². The molecule has 140 valence electrons. The fraction of sp³-hybridized carbons (Fsp3) is 0.579. The molecule has 7 heteroatoms. The van der Waals surface area contributed by atoms with Crippen LogP contribution in [0.5, 0.6) is 0 Å². The van der Waals surface area contributed by atoms with Gasteiger partial charge in [-0.15, -0.1) is 0 Å². The number of benzene rings is 1. The van der Waals surface area contributed by atoms with Gasteiger partial charge in [0.1, 0.15) is 6.79 Å². The second-order valence-electron chi connectivity index (χ2n) is 7.01. The summed E-state index contributed by atoms with van der Waals surface area (Å²) in [6.07, 6.45) is 4.74.